The molecule has 2 atom stereocenters. The molecule has 0 aromatic carbocycles. The van der Waals surface area contributed by atoms with E-state index in [1.165, 1.54) is 37.4 Å². The van der Waals surface area contributed by atoms with E-state index in [1.54, 1.807) is 0 Å². The highest BCUT2D eigenvalue weighted by Gasteiger charge is 2.34. The van der Waals surface area contributed by atoms with Crippen LogP contribution in [0.1, 0.15) is 12.8 Å². The van der Waals surface area contributed by atoms with Gasteiger partial charge >= 0.3 is 0 Å². The molecule has 1 heterocycles. The second kappa shape index (κ2) is 3.99. The van der Waals surface area contributed by atoms with Crippen LogP contribution in [0.2, 0.25) is 0 Å². The van der Waals surface area contributed by atoms with Gasteiger partial charge in [0.25, 0.3) is 0 Å². The summed E-state index contributed by atoms with van der Waals surface area (Å²) in [5, 5.41) is 0. The van der Waals surface area contributed by atoms with Gasteiger partial charge in [0.1, 0.15) is 0 Å². The molecule has 2 N–H and O–H groups in total. The Morgan fingerprint density at radius 1 is 1.25 bits per heavy atom. The van der Waals surface area contributed by atoms with Gasteiger partial charge in [0.05, 0.1) is 0 Å². The largest absolute Gasteiger partial charge is 0.330 e. The van der Waals surface area contributed by atoms with Crippen molar-refractivity contribution in [2.24, 2.45) is 11.7 Å². The van der Waals surface area contributed by atoms with E-state index in [4.69, 9.17) is 5.73 Å². The minimum absolute atomic E-state index is 0.813. The standard InChI is InChI=1S/C9H18N2S/c10-7-8-1-2-9(8)11-3-5-12-6-4-11/h8-9H,1-7,10H2. The van der Waals surface area contributed by atoms with Gasteiger partial charge in [0, 0.05) is 30.6 Å². The van der Waals surface area contributed by atoms with Gasteiger partial charge in [-0.2, -0.15) is 11.8 Å². The maximum Gasteiger partial charge on any atom is 0.0136 e. The summed E-state index contributed by atoms with van der Waals surface area (Å²) in [5.74, 6) is 3.47. The maximum absolute atomic E-state index is 5.70. The monoisotopic (exact) mass is 186 g/mol. The molecule has 0 amide bonds. The molecule has 2 nitrogen and oxygen atoms in total. The van der Waals surface area contributed by atoms with Crippen LogP contribution < -0.4 is 5.73 Å². The molecule has 1 aliphatic carbocycles. The average Bonchev–Trinajstić information content (AvgIpc) is 2.05. The van der Waals surface area contributed by atoms with Crippen LogP contribution in [0.25, 0.3) is 0 Å². The van der Waals surface area contributed by atoms with E-state index in [0.717, 1.165) is 18.5 Å². The predicted octanol–water partition coefficient (Wildman–Crippen LogP) is 0.772. The number of rotatable bonds is 2. The van der Waals surface area contributed by atoms with E-state index >= 15 is 0 Å². The number of hydrogen-bond donors (Lipinski definition) is 1. The summed E-state index contributed by atoms with van der Waals surface area (Å²) in [4.78, 5) is 2.65. The highest BCUT2D eigenvalue weighted by Crippen LogP contribution is 2.32. The Morgan fingerprint density at radius 3 is 2.50 bits per heavy atom. The lowest BCUT2D eigenvalue weighted by atomic mass is 9.78. The molecule has 0 aromatic rings. The van der Waals surface area contributed by atoms with Gasteiger partial charge in [-0.05, 0) is 25.3 Å². The van der Waals surface area contributed by atoms with Crippen LogP contribution >= 0.6 is 11.8 Å². The lowest BCUT2D eigenvalue weighted by Gasteiger charge is -2.45. The molecule has 2 rings (SSSR count). The lowest BCUT2D eigenvalue weighted by Crippen LogP contribution is -2.52. The van der Waals surface area contributed by atoms with Gasteiger partial charge in [0.2, 0.25) is 0 Å². The number of nitrogens with two attached hydrogens (primary N) is 1. The Balaban J connectivity index is 1.82. The fraction of sp³-hybridized carbons (Fsp3) is 1.00. The van der Waals surface area contributed by atoms with Crippen LogP contribution in [0.4, 0.5) is 0 Å². The van der Waals surface area contributed by atoms with Gasteiger partial charge in [0.15, 0.2) is 0 Å². The third-order valence-corrected chi connectivity index (χ3v) is 4.14. The van der Waals surface area contributed by atoms with Crippen LogP contribution in [0.15, 0.2) is 0 Å². The third-order valence-electron chi connectivity index (χ3n) is 3.19. The third kappa shape index (κ3) is 1.63. The Morgan fingerprint density at radius 2 is 2.00 bits per heavy atom. The Bertz CT molecular complexity index is 143. The van der Waals surface area contributed by atoms with Gasteiger partial charge in [-0.25, -0.2) is 0 Å². The highest BCUT2D eigenvalue weighted by atomic mass is 32.2. The minimum Gasteiger partial charge on any atom is -0.330 e. The number of hydrogen-bond acceptors (Lipinski definition) is 3. The zero-order chi connectivity index (χ0) is 8.39. The molecule has 2 unspecified atom stereocenters. The summed E-state index contributed by atoms with van der Waals surface area (Å²) >= 11 is 2.09. The lowest BCUT2D eigenvalue weighted by molar-refractivity contribution is 0.0756. The van der Waals surface area contributed by atoms with Crippen LogP contribution in [-0.2, 0) is 0 Å². The summed E-state index contributed by atoms with van der Waals surface area (Å²) in [7, 11) is 0. The first-order valence-corrected chi connectivity index (χ1v) is 6.09. The average molecular weight is 186 g/mol. The van der Waals surface area contributed by atoms with E-state index in [-0.39, 0.29) is 0 Å². The second-order valence-corrected chi connectivity index (χ2v) is 5.01. The van der Waals surface area contributed by atoms with Crippen LogP contribution in [0, 0.1) is 5.92 Å². The van der Waals surface area contributed by atoms with Crippen molar-refractivity contribution in [3.8, 4) is 0 Å². The van der Waals surface area contributed by atoms with Crippen LogP contribution in [0.3, 0.4) is 0 Å². The summed E-state index contributed by atoms with van der Waals surface area (Å²) < 4.78 is 0. The fourth-order valence-corrected chi connectivity index (χ4v) is 3.15. The summed E-state index contributed by atoms with van der Waals surface area (Å²) in [6, 6.07) is 0.843. The molecule has 0 aromatic heterocycles. The Labute approximate surface area is 78.9 Å². The molecule has 2 aliphatic rings. The zero-order valence-corrected chi connectivity index (χ0v) is 8.35. The van der Waals surface area contributed by atoms with Gasteiger partial charge in [-0.3, -0.25) is 4.90 Å². The van der Waals surface area contributed by atoms with Crippen molar-refractivity contribution in [2.45, 2.75) is 18.9 Å². The zero-order valence-electron chi connectivity index (χ0n) is 7.54. The van der Waals surface area contributed by atoms with Crippen LogP contribution in [0.5, 0.6) is 0 Å². The van der Waals surface area contributed by atoms with Crippen molar-refractivity contribution < 1.29 is 0 Å². The first-order chi connectivity index (χ1) is 5.92. The molecule has 0 spiro atoms. The van der Waals surface area contributed by atoms with Crippen molar-refractivity contribution >= 4 is 11.8 Å². The number of nitrogens with zero attached hydrogens (tertiary/aromatic N) is 1. The van der Waals surface area contributed by atoms with E-state index in [0.29, 0.717) is 0 Å². The van der Waals surface area contributed by atoms with Crippen molar-refractivity contribution in [3.63, 3.8) is 0 Å². The molecule has 0 radical (unpaired) electrons. The van der Waals surface area contributed by atoms with Crippen molar-refractivity contribution in [3.05, 3.63) is 0 Å². The predicted molar refractivity (Wildman–Crippen MR) is 54.5 cm³/mol. The molecule has 0 bridgehead atoms. The van der Waals surface area contributed by atoms with Gasteiger partial charge in [-0.15, -0.1) is 0 Å². The fourth-order valence-electron chi connectivity index (χ4n) is 2.22. The summed E-state index contributed by atoms with van der Waals surface area (Å²) in [6.07, 6.45) is 2.76. The molecule has 2 fully saturated rings. The van der Waals surface area contributed by atoms with Crippen molar-refractivity contribution in [1.82, 2.24) is 4.90 Å². The molecule has 3 heteroatoms. The summed E-state index contributed by atoms with van der Waals surface area (Å²) in [6.45, 7) is 3.49. The molecule has 1 saturated heterocycles. The Hall–Kier alpha value is 0.270. The minimum atomic E-state index is 0.813. The number of thioether (sulfide) groups is 1. The smallest absolute Gasteiger partial charge is 0.0136 e. The quantitative estimate of drug-likeness (QED) is 0.691. The molecular weight excluding hydrogens is 168 g/mol. The molecule has 12 heavy (non-hydrogen) atoms. The van der Waals surface area contributed by atoms with Crippen molar-refractivity contribution in [2.75, 3.05) is 31.1 Å². The van der Waals surface area contributed by atoms with Crippen molar-refractivity contribution in [1.29, 1.82) is 0 Å². The first-order valence-electron chi connectivity index (χ1n) is 4.93. The molecule has 70 valence electrons. The highest BCUT2D eigenvalue weighted by molar-refractivity contribution is 7.99. The normalized spacial score (nSPS) is 37.8. The molecule has 1 aliphatic heterocycles. The van der Waals surface area contributed by atoms with E-state index in [2.05, 4.69) is 16.7 Å². The van der Waals surface area contributed by atoms with E-state index in [9.17, 15) is 0 Å². The maximum atomic E-state index is 5.70. The van der Waals surface area contributed by atoms with Crippen LogP contribution in [-0.4, -0.2) is 42.1 Å². The van der Waals surface area contributed by atoms with Gasteiger partial charge < -0.3 is 5.73 Å². The first kappa shape index (κ1) is 8.85. The molecule has 1 saturated carbocycles. The summed E-state index contributed by atoms with van der Waals surface area (Å²) in [5.41, 5.74) is 5.70. The van der Waals surface area contributed by atoms with Gasteiger partial charge in [-0.1, -0.05) is 0 Å². The van der Waals surface area contributed by atoms with E-state index < -0.39 is 0 Å². The SMILES string of the molecule is NCC1CCC1N1CCSCC1. The Kier molecular flexibility index (Phi) is 2.94. The molecular formula is C9H18N2S. The second-order valence-electron chi connectivity index (χ2n) is 3.79. The topological polar surface area (TPSA) is 29.3 Å². The van der Waals surface area contributed by atoms with E-state index in [1.807, 2.05) is 0 Å².